The number of ether oxygens (including phenoxy) is 2. The van der Waals surface area contributed by atoms with E-state index in [9.17, 15) is 9.59 Å². The quantitative estimate of drug-likeness (QED) is 0.300. The molecule has 246 valence electrons. The SMILES string of the molecule is Cc1cccc(F)c1C(=O)N1C2COCC2CC(C(=O)Nc2ccc3c(cnn3C)c2)C1c1ccc(CN2CCOCC2(C)C)cc1. The van der Waals surface area contributed by atoms with Crippen LogP contribution in [0.2, 0.25) is 0 Å². The smallest absolute Gasteiger partial charge is 0.257 e. The Balaban J connectivity index is 1.26. The van der Waals surface area contributed by atoms with Crippen LogP contribution in [0, 0.1) is 24.6 Å². The van der Waals surface area contributed by atoms with Crippen molar-refractivity contribution in [2.24, 2.45) is 18.9 Å². The fourth-order valence-electron chi connectivity index (χ4n) is 7.63. The van der Waals surface area contributed by atoms with Gasteiger partial charge in [-0.25, -0.2) is 4.39 Å². The van der Waals surface area contributed by atoms with Gasteiger partial charge in [-0.05, 0) is 68.1 Å². The van der Waals surface area contributed by atoms with Gasteiger partial charge < -0.3 is 19.7 Å². The summed E-state index contributed by atoms with van der Waals surface area (Å²) in [6.07, 6.45) is 2.31. The molecule has 3 aliphatic heterocycles. The molecule has 3 aromatic carbocycles. The predicted molar refractivity (Wildman–Crippen MR) is 177 cm³/mol. The van der Waals surface area contributed by atoms with Crippen molar-refractivity contribution in [2.75, 3.05) is 38.3 Å². The zero-order valence-electron chi connectivity index (χ0n) is 27.4. The summed E-state index contributed by atoms with van der Waals surface area (Å²) in [5.41, 5.74) is 4.11. The zero-order chi connectivity index (χ0) is 32.9. The van der Waals surface area contributed by atoms with E-state index in [1.165, 1.54) is 6.07 Å². The number of hydrogen-bond donors (Lipinski definition) is 1. The van der Waals surface area contributed by atoms with Crippen molar-refractivity contribution in [3.63, 3.8) is 0 Å². The Morgan fingerprint density at radius 3 is 2.64 bits per heavy atom. The molecular formula is C37H42FN5O4. The second kappa shape index (κ2) is 12.5. The Hall–Kier alpha value is -4.12. The number of aromatic nitrogens is 2. The molecule has 4 unspecified atom stereocenters. The molecule has 47 heavy (non-hydrogen) atoms. The van der Waals surface area contributed by atoms with E-state index in [2.05, 4.69) is 41.3 Å². The first-order valence-corrected chi connectivity index (χ1v) is 16.4. The van der Waals surface area contributed by atoms with Crippen LogP contribution in [-0.4, -0.2) is 75.9 Å². The Kier molecular flexibility index (Phi) is 8.36. The lowest BCUT2D eigenvalue weighted by molar-refractivity contribution is -0.124. The largest absolute Gasteiger partial charge is 0.379 e. The molecule has 3 aliphatic rings. The van der Waals surface area contributed by atoms with Crippen molar-refractivity contribution < 1.29 is 23.5 Å². The van der Waals surface area contributed by atoms with Gasteiger partial charge in [0.1, 0.15) is 5.82 Å². The van der Waals surface area contributed by atoms with E-state index in [1.54, 1.807) is 34.8 Å². The number of likely N-dealkylation sites (tertiary alicyclic amines) is 1. The highest BCUT2D eigenvalue weighted by molar-refractivity contribution is 5.99. The van der Waals surface area contributed by atoms with Crippen LogP contribution in [0.4, 0.5) is 10.1 Å². The van der Waals surface area contributed by atoms with Crippen molar-refractivity contribution in [2.45, 2.75) is 51.4 Å². The maximum atomic E-state index is 15.4. The normalized spacial score (nSPS) is 24.3. The van der Waals surface area contributed by atoms with Crippen LogP contribution in [-0.2, 0) is 27.9 Å². The van der Waals surface area contributed by atoms with Crippen molar-refractivity contribution in [1.29, 1.82) is 0 Å². The Bertz CT molecular complexity index is 1780. The maximum Gasteiger partial charge on any atom is 0.257 e. The zero-order valence-corrected chi connectivity index (χ0v) is 27.4. The number of nitrogens with zero attached hydrogens (tertiary/aromatic N) is 4. The maximum absolute atomic E-state index is 15.4. The van der Waals surface area contributed by atoms with Gasteiger partial charge in [-0.3, -0.25) is 19.2 Å². The van der Waals surface area contributed by atoms with Gasteiger partial charge in [0.25, 0.3) is 5.91 Å². The fraction of sp³-hybridized carbons (Fsp3) is 0.432. The number of hydrogen-bond acceptors (Lipinski definition) is 6. The van der Waals surface area contributed by atoms with Crippen molar-refractivity contribution in [3.8, 4) is 0 Å². The molecule has 3 fully saturated rings. The van der Waals surface area contributed by atoms with Gasteiger partial charge in [0.05, 0.1) is 61.7 Å². The number of piperidine rings is 1. The lowest BCUT2D eigenvalue weighted by Crippen LogP contribution is -2.55. The number of anilines is 1. The summed E-state index contributed by atoms with van der Waals surface area (Å²) in [6.45, 7) is 9.89. The second-order valence-electron chi connectivity index (χ2n) is 13.9. The van der Waals surface area contributed by atoms with Gasteiger partial charge in [0, 0.05) is 42.7 Å². The number of amides is 2. The molecule has 3 saturated heterocycles. The molecular weight excluding hydrogens is 597 g/mol. The van der Waals surface area contributed by atoms with E-state index in [0.29, 0.717) is 44.1 Å². The minimum absolute atomic E-state index is 0.0393. The van der Waals surface area contributed by atoms with E-state index in [0.717, 1.165) is 35.1 Å². The van der Waals surface area contributed by atoms with Crippen LogP contribution in [0.5, 0.6) is 0 Å². The number of nitrogens with one attached hydrogen (secondary N) is 1. The highest BCUT2D eigenvalue weighted by atomic mass is 19.1. The molecule has 4 atom stereocenters. The van der Waals surface area contributed by atoms with Gasteiger partial charge in [-0.15, -0.1) is 0 Å². The average molecular weight is 640 g/mol. The monoisotopic (exact) mass is 639 g/mol. The number of rotatable bonds is 6. The summed E-state index contributed by atoms with van der Waals surface area (Å²) in [5.74, 6) is -1.82. The van der Waals surface area contributed by atoms with Gasteiger partial charge in [-0.2, -0.15) is 5.10 Å². The number of carbonyl (C=O) groups is 2. The summed E-state index contributed by atoms with van der Waals surface area (Å²) in [6, 6.07) is 17.7. The molecule has 0 radical (unpaired) electrons. The van der Waals surface area contributed by atoms with Crippen LogP contribution in [0.15, 0.2) is 66.9 Å². The highest BCUT2D eigenvalue weighted by Crippen LogP contribution is 2.45. The Labute approximate surface area is 274 Å². The van der Waals surface area contributed by atoms with E-state index in [-0.39, 0.29) is 29.0 Å². The van der Waals surface area contributed by atoms with Crippen LogP contribution in [0.3, 0.4) is 0 Å². The van der Waals surface area contributed by atoms with Crippen molar-refractivity contribution in [3.05, 3.63) is 94.9 Å². The molecule has 10 heteroatoms. The minimum atomic E-state index is -0.625. The van der Waals surface area contributed by atoms with Gasteiger partial charge in [0.2, 0.25) is 5.91 Å². The number of fused-ring (bicyclic) bond motifs is 2. The molecule has 1 N–H and O–H groups in total. The topological polar surface area (TPSA) is 88.9 Å². The summed E-state index contributed by atoms with van der Waals surface area (Å²) in [5, 5.41) is 8.38. The number of morpholine rings is 1. The van der Waals surface area contributed by atoms with Crippen LogP contribution in [0.25, 0.3) is 10.9 Å². The molecule has 9 nitrogen and oxygen atoms in total. The van der Waals surface area contributed by atoms with Crippen LogP contribution >= 0.6 is 0 Å². The third-order valence-electron chi connectivity index (χ3n) is 10.3. The number of halogens is 1. The van der Waals surface area contributed by atoms with E-state index < -0.39 is 23.7 Å². The fourth-order valence-corrected chi connectivity index (χ4v) is 7.63. The lowest BCUT2D eigenvalue weighted by Gasteiger charge is -2.47. The molecule has 2 amide bonds. The first-order valence-electron chi connectivity index (χ1n) is 16.4. The molecule has 0 saturated carbocycles. The molecule has 0 aliphatic carbocycles. The van der Waals surface area contributed by atoms with E-state index >= 15 is 4.39 Å². The Morgan fingerprint density at radius 2 is 1.87 bits per heavy atom. The standard InChI is InChI=1S/C37H42FN5O4/c1-23-6-5-7-30(38)33(23)36(45)43-32-21-47-20-27(32)17-29(35(44)40-28-12-13-31-26(16-28)18-39-41(31)4)34(43)25-10-8-24(9-11-25)19-42-14-15-46-22-37(42,2)3/h5-13,16,18,27,29,32,34H,14-15,17,19-22H2,1-4H3,(H,40,44). The second-order valence-corrected chi connectivity index (χ2v) is 13.9. The molecule has 0 spiro atoms. The van der Waals surface area contributed by atoms with Crippen LogP contribution < -0.4 is 5.32 Å². The summed E-state index contributed by atoms with van der Waals surface area (Å²) in [7, 11) is 1.88. The lowest BCUT2D eigenvalue weighted by atomic mass is 9.76. The molecule has 1 aromatic heterocycles. The van der Waals surface area contributed by atoms with Gasteiger partial charge in [0.15, 0.2) is 0 Å². The number of benzene rings is 3. The predicted octanol–water partition coefficient (Wildman–Crippen LogP) is 5.49. The summed E-state index contributed by atoms with van der Waals surface area (Å²) >= 11 is 0. The van der Waals surface area contributed by atoms with E-state index in [1.807, 2.05) is 37.4 Å². The average Bonchev–Trinajstić information content (AvgIpc) is 3.67. The minimum Gasteiger partial charge on any atom is -0.379 e. The van der Waals surface area contributed by atoms with Crippen molar-refractivity contribution >= 4 is 28.4 Å². The molecule has 0 bridgehead atoms. The number of carbonyl (C=O) groups excluding carboxylic acids is 2. The first kappa shape index (κ1) is 31.5. The van der Waals surface area contributed by atoms with E-state index in [4.69, 9.17) is 9.47 Å². The molecule has 7 rings (SSSR count). The third-order valence-corrected chi connectivity index (χ3v) is 10.3. The van der Waals surface area contributed by atoms with Gasteiger partial charge >= 0.3 is 0 Å². The van der Waals surface area contributed by atoms with Crippen molar-refractivity contribution in [1.82, 2.24) is 19.6 Å². The number of aryl methyl sites for hydroxylation is 2. The summed E-state index contributed by atoms with van der Waals surface area (Å²) < 4.78 is 28.8. The summed E-state index contributed by atoms with van der Waals surface area (Å²) in [4.78, 5) is 33.0. The molecule has 4 heterocycles. The van der Waals surface area contributed by atoms with Crippen LogP contribution in [0.1, 0.15) is 53.4 Å². The highest BCUT2D eigenvalue weighted by Gasteiger charge is 2.51. The first-order chi connectivity index (χ1) is 22.6. The van der Waals surface area contributed by atoms with Gasteiger partial charge in [-0.1, -0.05) is 36.4 Å². The Morgan fingerprint density at radius 1 is 1.06 bits per heavy atom. The molecule has 4 aromatic rings. The third kappa shape index (κ3) is 5.94.